The first-order chi connectivity index (χ1) is 15.1. The Hall–Kier alpha value is -3.19. The van der Waals surface area contributed by atoms with Crippen LogP contribution in [0.5, 0.6) is 11.5 Å². The van der Waals surface area contributed by atoms with Gasteiger partial charge in [0, 0.05) is 30.2 Å². The summed E-state index contributed by atoms with van der Waals surface area (Å²) < 4.78 is 10.9. The van der Waals surface area contributed by atoms with E-state index in [0.29, 0.717) is 18.0 Å². The molecule has 0 fully saturated rings. The van der Waals surface area contributed by atoms with Crippen molar-refractivity contribution in [2.24, 2.45) is 4.99 Å². The molecule has 2 aromatic carbocycles. The lowest BCUT2D eigenvalue weighted by molar-refractivity contribution is 0.196. The van der Waals surface area contributed by atoms with Crippen LogP contribution < -0.4 is 20.1 Å². The molecule has 166 valence electrons. The topological polar surface area (TPSA) is 90.9 Å². The van der Waals surface area contributed by atoms with Gasteiger partial charge >= 0.3 is 0 Å². The quantitative estimate of drug-likeness (QED) is 0.297. The second kappa shape index (κ2) is 11.3. The molecule has 31 heavy (non-hydrogen) atoms. The number of aromatic nitrogens is 1. The average Bonchev–Trinajstić information content (AvgIpc) is 3.18. The maximum Gasteiger partial charge on any atom is 0.191 e. The zero-order valence-corrected chi connectivity index (χ0v) is 18.5. The minimum atomic E-state index is -0.0366. The van der Waals surface area contributed by atoms with Crippen LogP contribution in [0.1, 0.15) is 23.6 Å². The molecule has 0 saturated carbocycles. The second-order valence-electron chi connectivity index (χ2n) is 7.29. The minimum absolute atomic E-state index is 0.0366. The summed E-state index contributed by atoms with van der Waals surface area (Å²) in [6.45, 7) is 6.43. The van der Waals surface area contributed by atoms with Crippen LogP contribution in [0, 0.1) is 6.92 Å². The van der Waals surface area contributed by atoms with Gasteiger partial charge in [0.25, 0.3) is 0 Å². The third kappa shape index (κ3) is 6.15. The number of nitrogens with one attached hydrogen (secondary N) is 3. The zero-order chi connectivity index (χ0) is 22.1. The highest BCUT2D eigenvalue weighted by molar-refractivity contribution is 5.84. The summed E-state index contributed by atoms with van der Waals surface area (Å²) in [6.07, 6.45) is 2.99. The maximum absolute atomic E-state index is 8.94. The molecule has 0 radical (unpaired) electrons. The number of aliphatic hydroxyl groups is 1. The standard InChI is InChI=1S/C24H32N4O3/c1-4-25-24(26-10-9-19-16-27-21-13-17(2)5-7-20(19)21)28-15-18-6-8-22(31-12-11-29)23(14-18)30-3/h5-8,13-14,16,27,29H,4,9-12,15H2,1-3H3,(H2,25,26,28). The Morgan fingerprint density at radius 1 is 1.13 bits per heavy atom. The number of hydrogen-bond acceptors (Lipinski definition) is 4. The van der Waals surface area contributed by atoms with E-state index in [2.05, 4.69) is 53.9 Å². The molecule has 0 aliphatic heterocycles. The Bertz CT molecular complexity index is 1010. The molecule has 1 heterocycles. The van der Waals surface area contributed by atoms with Crippen LogP contribution in [-0.4, -0.2) is 49.5 Å². The summed E-state index contributed by atoms with van der Waals surface area (Å²) in [5.74, 6) is 2.02. The molecule has 0 amide bonds. The molecule has 0 aliphatic rings. The van der Waals surface area contributed by atoms with E-state index in [1.807, 2.05) is 18.2 Å². The molecule has 0 bridgehead atoms. The number of H-pyrrole nitrogens is 1. The van der Waals surface area contributed by atoms with Crippen molar-refractivity contribution < 1.29 is 14.6 Å². The summed E-state index contributed by atoms with van der Waals surface area (Å²) in [7, 11) is 1.60. The molecule has 0 spiro atoms. The molecule has 4 N–H and O–H groups in total. The lowest BCUT2D eigenvalue weighted by atomic mass is 10.1. The van der Waals surface area contributed by atoms with Crippen LogP contribution in [0.25, 0.3) is 10.9 Å². The van der Waals surface area contributed by atoms with Gasteiger partial charge in [-0.25, -0.2) is 4.99 Å². The molecule has 0 unspecified atom stereocenters. The maximum atomic E-state index is 8.94. The number of hydrogen-bond donors (Lipinski definition) is 4. The van der Waals surface area contributed by atoms with Gasteiger partial charge in [-0.05, 0) is 55.2 Å². The SMILES string of the molecule is CCNC(=NCc1ccc(OCCO)c(OC)c1)NCCc1c[nH]c2cc(C)ccc12. The van der Waals surface area contributed by atoms with Gasteiger partial charge in [-0.3, -0.25) is 0 Å². The van der Waals surface area contributed by atoms with E-state index >= 15 is 0 Å². The predicted molar refractivity (Wildman–Crippen MR) is 125 cm³/mol. The largest absolute Gasteiger partial charge is 0.493 e. The molecule has 0 atom stereocenters. The highest BCUT2D eigenvalue weighted by atomic mass is 16.5. The number of fused-ring (bicyclic) bond motifs is 1. The molecule has 7 heteroatoms. The number of aryl methyl sites for hydroxylation is 1. The van der Waals surface area contributed by atoms with Gasteiger partial charge < -0.3 is 30.2 Å². The fourth-order valence-corrected chi connectivity index (χ4v) is 3.42. The Morgan fingerprint density at radius 2 is 2.00 bits per heavy atom. The number of rotatable bonds is 10. The van der Waals surface area contributed by atoms with E-state index in [9.17, 15) is 0 Å². The first-order valence-electron chi connectivity index (χ1n) is 10.6. The number of aromatic amines is 1. The predicted octanol–water partition coefficient (Wildman–Crippen LogP) is 3.15. The highest BCUT2D eigenvalue weighted by Gasteiger charge is 2.07. The van der Waals surface area contributed by atoms with Crippen molar-refractivity contribution in [1.29, 1.82) is 0 Å². The summed E-state index contributed by atoms with van der Waals surface area (Å²) >= 11 is 0. The van der Waals surface area contributed by atoms with Gasteiger partial charge in [0.05, 0.1) is 20.3 Å². The van der Waals surface area contributed by atoms with Crippen LogP contribution >= 0.6 is 0 Å². The van der Waals surface area contributed by atoms with Crippen LogP contribution in [0.4, 0.5) is 0 Å². The second-order valence-corrected chi connectivity index (χ2v) is 7.29. The highest BCUT2D eigenvalue weighted by Crippen LogP contribution is 2.28. The number of methoxy groups -OCH3 is 1. The minimum Gasteiger partial charge on any atom is -0.493 e. The first-order valence-corrected chi connectivity index (χ1v) is 10.6. The van der Waals surface area contributed by atoms with E-state index in [4.69, 9.17) is 19.6 Å². The number of aliphatic hydroxyl groups excluding tert-OH is 1. The molecule has 3 rings (SSSR count). The van der Waals surface area contributed by atoms with Crippen LogP contribution in [-0.2, 0) is 13.0 Å². The summed E-state index contributed by atoms with van der Waals surface area (Å²) in [5, 5.41) is 16.9. The monoisotopic (exact) mass is 424 g/mol. The lowest BCUT2D eigenvalue weighted by Crippen LogP contribution is -2.38. The van der Waals surface area contributed by atoms with Gasteiger partial charge in [0.15, 0.2) is 17.5 Å². The van der Waals surface area contributed by atoms with E-state index in [0.717, 1.165) is 31.0 Å². The molecular weight excluding hydrogens is 392 g/mol. The van der Waals surface area contributed by atoms with Gasteiger partial charge in [0.1, 0.15) is 6.61 Å². The smallest absolute Gasteiger partial charge is 0.191 e. The Kier molecular flexibility index (Phi) is 8.18. The molecule has 0 saturated heterocycles. The van der Waals surface area contributed by atoms with Crippen molar-refractivity contribution in [3.8, 4) is 11.5 Å². The van der Waals surface area contributed by atoms with Crippen molar-refractivity contribution >= 4 is 16.9 Å². The van der Waals surface area contributed by atoms with Crippen LogP contribution in [0.2, 0.25) is 0 Å². The molecule has 7 nitrogen and oxygen atoms in total. The zero-order valence-electron chi connectivity index (χ0n) is 18.5. The Labute approximate surface area is 183 Å². The lowest BCUT2D eigenvalue weighted by Gasteiger charge is -2.13. The normalized spacial score (nSPS) is 11.5. The number of guanidine groups is 1. The molecular formula is C24H32N4O3. The van der Waals surface area contributed by atoms with E-state index in [-0.39, 0.29) is 13.2 Å². The van der Waals surface area contributed by atoms with Crippen molar-refractivity contribution in [2.75, 3.05) is 33.4 Å². The van der Waals surface area contributed by atoms with E-state index in [1.165, 1.54) is 22.0 Å². The van der Waals surface area contributed by atoms with Crippen molar-refractivity contribution in [1.82, 2.24) is 15.6 Å². The molecule has 0 aliphatic carbocycles. The Balaban J connectivity index is 1.60. The summed E-state index contributed by atoms with van der Waals surface area (Å²) in [4.78, 5) is 8.05. The molecule has 1 aromatic heterocycles. The third-order valence-corrected chi connectivity index (χ3v) is 4.95. The van der Waals surface area contributed by atoms with Crippen molar-refractivity contribution in [2.45, 2.75) is 26.8 Å². The number of benzene rings is 2. The first kappa shape index (κ1) is 22.5. The average molecular weight is 425 g/mol. The summed E-state index contributed by atoms with van der Waals surface area (Å²) in [6, 6.07) is 12.2. The Morgan fingerprint density at radius 3 is 2.77 bits per heavy atom. The van der Waals surface area contributed by atoms with Gasteiger partial charge in [-0.1, -0.05) is 18.2 Å². The third-order valence-electron chi connectivity index (χ3n) is 4.95. The van der Waals surface area contributed by atoms with Gasteiger partial charge in [-0.15, -0.1) is 0 Å². The van der Waals surface area contributed by atoms with Gasteiger partial charge in [0.2, 0.25) is 0 Å². The number of aliphatic imine (C=N–C) groups is 1. The van der Waals surface area contributed by atoms with Crippen LogP contribution in [0.15, 0.2) is 47.6 Å². The van der Waals surface area contributed by atoms with Crippen LogP contribution in [0.3, 0.4) is 0 Å². The number of ether oxygens (including phenoxy) is 2. The van der Waals surface area contributed by atoms with Crippen molar-refractivity contribution in [3.63, 3.8) is 0 Å². The van der Waals surface area contributed by atoms with E-state index < -0.39 is 0 Å². The fraction of sp³-hybridized carbons (Fsp3) is 0.375. The summed E-state index contributed by atoms with van der Waals surface area (Å²) in [5.41, 5.74) is 4.74. The molecule has 3 aromatic rings. The fourth-order valence-electron chi connectivity index (χ4n) is 3.42. The van der Waals surface area contributed by atoms with E-state index in [1.54, 1.807) is 7.11 Å². The number of nitrogens with zero attached hydrogens (tertiary/aromatic N) is 1. The van der Waals surface area contributed by atoms with Gasteiger partial charge in [-0.2, -0.15) is 0 Å². The van der Waals surface area contributed by atoms with Crippen molar-refractivity contribution in [3.05, 3.63) is 59.3 Å².